The van der Waals surface area contributed by atoms with Gasteiger partial charge in [-0.05, 0) is 57.7 Å². The molecule has 32 heavy (non-hydrogen) atoms. The van der Waals surface area contributed by atoms with Gasteiger partial charge in [0.1, 0.15) is 0 Å². The zero-order valence-corrected chi connectivity index (χ0v) is 18.7. The number of Topliss-reactive ketones (excluding diaryl/α,β-unsaturated/α-hetero) is 1. The van der Waals surface area contributed by atoms with Gasteiger partial charge in [-0.2, -0.15) is 0 Å². The van der Waals surface area contributed by atoms with Gasteiger partial charge in [0.2, 0.25) is 5.78 Å². The van der Waals surface area contributed by atoms with Gasteiger partial charge in [0.15, 0.2) is 23.0 Å². The molecule has 8 heteroatoms. The number of phenolic OH excluding ortho intramolecular Hbond substituents is 1. The molecule has 7 nitrogen and oxygen atoms in total. The van der Waals surface area contributed by atoms with E-state index in [0.29, 0.717) is 16.5 Å². The van der Waals surface area contributed by atoms with E-state index in [1.807, 2.05) is 30.3 Å². The van der Waals surface area contributed by atoms with E-state index in [-0.39, 0.29) is 29.4 Å². The number of phenols is 1. The fourth-order valence-electron chi connectivity index (χ4n) is 3.80. The van der Waals surface area contributed by atoms with Gasteiger partial charge in [0.05, 0.1) is 29.5 Å². The molecule has 0 radical (unpaired) electrons. The first-order valence-electron chi connectivity index (χ1n) is 9.85. The van der Waals surface area contributed by atoms with E-state index < -0.39 is 23.5 Å². The molecule has 1 aliphatic rings. The van der Waals surface area contributed by atoms with Crippen LogP contribution in [0.2, 0.25) is 0 Å². The monoisotopic (exact) mass is 497 g/mol. The summed E-state index contributed by atoms with van der Waals surface area (Å²) < 4.78 is 10.8. The highest BCUT2D eigenvalue weighted by atomic mass is 79.9. The molecule has 0 saturated carbocycles. The highest BCUT2D eigenvalue weighted by molar-refractivity contribution is 9.10. The number of rotatable bonds is 7. The Morgan fingerprint density at radius 1 is 1.16 bits per heavy atom. The number of methoxy groups -OCH3 is 1. The summed E-state index contributed by atoms with van der Waals surface area (Å²) in [6.07, 6.45) is 1.87. The van der Waals surface area contributed by atoms with Crippen LogP contribution >= 0.6 is 15.9 Å². The number of ketones is 1. The average Bonchev–Trinajstić information content (AvgIpc) is 3.42. The van der Waals surface area contributed by atoms with Crippen LogP contribution in [0.5, 0.6) is 11.5 Å². The number of aromatic hydroxyl groups is 1. The number of aliphatic hydroxyl groups is 1. The van der Waals surface area contributed by atoms with Gasteiger partial charge in [-0.3, -0.25) is 9.59 Å². The van der Waals surface area contributed by atoms with E-state index in [0.717, 1.165) is 5.56 Å². The lowest BCUT2D eigenvalue weighted by atomic mass is 9.94. The summed E-state index contributed by atoms with van der Waals surface area (Å²) in [4.78, 5) is 27.7. The van der Waals surface area contributed by atoms with Crippen molar-refractivity contribution in [3.63, 3.8) is 0 Å². The minimum atomic E-state index is -0.894. The zero-order chi connectivity index (χ0) is 22.8. The molecule has 3 aromatic rings. The number of aliphatic hydroxyl groups excluding tert-OH is 1. The van der Waals surface area contributed by atoms with Crippen molar-refractivity contribution in [2.75, 3.05) is 13.7 Å². The summed E-state index contributed by atoms with van der Waals surface area (Å²) in [6, 6.07) is 14.9. The third kappa shape index (κ3) is 3.89. The van der Waals surface area contributed by atoms with Gasteiger partial charge in [0.25, 0.3) is 5.91 Å². The summed E-state index contributed by atoms with van der Waals surface area (Å²) in [5.41, 5.74) is 1.42. The van der Waals surface area contributed by atoms with Gasteiger partial charge in [0, 0.05) is 6.54 Å². The van der Waals surface area contributed by atoms with E-state index in [4.69, 9.17) is 9.15 Å². The van der Waals surface area contributed by atoms with Gasteiger partial charge < -0.3 is 24.3 Å². The Hall–Kier alpha value is -3.52. The topological polar surface area (TPSA) is 100 Å². The van der Waals surface area contributed by atoms with Crippen molar-refractivity contribution in [1.29, 1.82) is 0 Å². The van der Waals surface area contributed by atoms with E-state index in [1.54, 1.807) is 18.2 Å². The molecule has 1 amide bonds. The minimum Gasteiger partial charge on any atom is -0.503 e. The third-order valence-electron chi connectivity index (χ3n) is 5.36. The summed E-state index contributed by atoms with van der Waals surface area (Å²) in [7, 11) is 1.40. The SMILES string of the molecule is COc1cc(C2C(C(=O)c3ccco3)=C(O)C(=O)N2CCc2ccccc2)cc(Br)c1O. The highest BCUT2D eigenvalue weighted by Gasteiger charge is 2.44. The highest BCUT2D eigenvalue weighted by Crippen LogP contribution is 2.44. The van der Waals surface area contributed by atoms with Crippen molar-refractivity contribution in [1.82, 2.24) is 4.90 Å². The molecule has 0 bridgehead atoms. The zero-order valence-electron chi connectivity index (χ0n) is 17.1. The van der Waals surface area contributed by atoms with Crippen molar-refractivity contribution >= 4 is 27.6 Å². The molecule has 1 atom stereocenters. The molecule has 0 saturated heterocycles. The largest absolute Gasteiger partial charge is 0.503 e. The van der Waals surface area contributed by atoms with Crippen LogP contribution in [0.1, 0.15) is 27.7 Å². The Bertz CT molecular complexity index is 1190. The number of nitrogens with zero attached hydrogens (tertiary/aromatic N) is 1. The molecule has 164 valence electrons. The second-order valence-electron chi connectivity index (χ2n) is 7.26. The molecule has 0 aliphatic carbocycles. The third-order valence-corrected chi connectivity index (χ3v) is 5.97. The van der Waals surface area contributed by atoms with E-state index in [9.17, 15) is 19.8 Å². The van der Waals surface area contributed by atoms with Crippen LogP contribution in [0.25, 0.3) is 0 Å². The second-order valence-corrected chi connectivity index (χ2v) is 8.11. The maximum absolute atomic E-state index is 13.2. The molecular weight excluding hydrogens is 478 g/mol. The summed E-state index contributed by atoms with van der Waals surface area (Å²) in [6.45, 7) is 0.257. The molecule has 1 aliphatic heterocycles. The Labute approximate surface area is 192 Å². The molecule has 2 heterocycles. The molecular formula is C24H20BrNO6. The fraction of sp³-hybridized carbons (Fsp3) is 0.167. The lowest BCUT2D eigenvalue weighted by molar-refractivity contribution is -0.129. The van der Waals surface area contributed by atoms with Crippen molar-refractivity contribution in [3.8, 4) is 11.5 Å². The molecule has 2 N–H and O–H groups in total. The molecule has 4 rings (SSSR count). The lowest BCUT2D eigenvalue weighted by Gasteiger charge is -2.27. The van der Waals surface area contributed by atoms with Crippen molar-refractivity contribution < 1.29 is 29.0 Å². The van der Waals surface area contributed by atoms with Gasteiger partial charge in [-0.1, -0.05) is 30.3 Å². The lowest BCUT2D eigenvalue weighted by Crippen LogP contribution is -2.33. The Morgan fingerprint density at radius 2 is 1.91 bits per heavy atom. The number of carbonyl (C=O) groups is 2. The molecule has 2 aromatic carbocycles. The van der Waals surface area contributed by atoms with Crippen LogP contribution in [0, 0.1) is 0 Å². The average molecular weight is 498 g/mol. The summed E-state index contributed by atoms with van der Waals surface area (Å²) >= 11 is 3.29. The van der Waals surface area contributed by atoms with Crippen LogP contribution < -0.4 is 4.74 Å². The molecule has 0 fully saturated rings. The first kappa shape index (κ1) is 21.7. The number of hydrogen-bond donors (Lipinski definition) is 2. The minimum absolute atomic E-state index is 0.0130. The quantitative estimate of drug-likeness (QED) is 0.463. The first-order chi connectivity index (χ1) is 15.4. The first-order valence-corrected chi connectivity index (χ1v) is 10.6. The molecule has 1 aromatic heterocycles. The number of carbonyl (C=O) groups excluding carboxylic acids is 2. The second kappa shape index (κ2) is 8.92. The number of furan rings is 1. The number of ether oxygens (including phenoxy) is 1. The molecule has 0 spiro atoms. The Kier molecular flexibility index (Phi) is 6.05. The van der Waals surface area contributed by atoms with Crippen LogP contribution in [0.4, 0.5) is 0 Å². The predicted molar refractivity (Wildman–Crippen MR) is 120 cm³/mol. The van der Waals surface area contributed by atoms with Crippen LogP contribution in [0.15, 0.2) is 81.1 Å². The number of amides is 1. The Morgan fingerprint density at radius 3 is 2.56 bits per heavy atom. The van der Waals surface area contributed by atoms with Gasteiger partial charge in [-0.15, -0.1) is 0 Å². The van der Waals surface area contributed by atoms with E-state index in [2.05, 4.69) is 15.9 Å². The molecule has 1 unspecified atom stereocenters. The van der Waals surface area contributed by atoms with Gasteiger partial charge in [-0.25, -0.2) is 0 Å². The van der Waals surface area contributed by atoms with Crippen LogP contribution in [-0.4, -0.2) is 40.5 Å². The standard InChI is InChI=1S/C24H20BrNO6/c1-31-18-13-15(12-16(25)21(18)27)20-19(22(28)17-8-5-11-32-17)23(29)24(30)26(20)10-9-14-6-3-2-4-7-14/h2-8,11-13,20,27,29H,9-10H2,1H3. The fourth-order valence-corrected chi connectivity index (χ4v) is 4.26. The number of hydrogen-bond acceptors (Lipinski definition) is 6. The maximum Gasteiger partial charge on any atom is 0.290 e. The van der Waals surface area contributed by atoms with E-state index in [1.165, 1.54) is 24.3 Å². The number of halogens is 1. The Balaban J connectivity index is 1.79. The van der Waals surface area contributed by atoms with Crippen LogP contribution in [-0.2, 0) is 11.2 Å². The van der Waals surface area contributed by atoms with Crippen molar-refractivity contribution in [3.05, 3.63) is 93.6 Å². The van der Waals surface area contributed by atoms with Gasteiger partial charge >= 0.3 is 0 Å². The van der Waals surface area contributed by atoms with Crippen molar-refractivity contribution in [2.24, 2.45) is 0 Å². The maximum atomic E-state index is 13.2. The predicted octanol–water partition coefficient (Wildman–Crippen LogP) is 4.58. The van der Waals surface area contributed by atoms with E-state index >= 15 is 0 Å². The summed E-state index contributed by atoms with van der Waals surface area (Å²) in [5, 5.41) is 20.9. The normalized spacial score (nSPS) is 16.0. The number of benzene rings is 2. The smallest absolute Gasteiger partial charge is 0.290 e. The summed E-state index contributed by atoms with van der Waals surface area (Å²) in [5.74, 6) is -1.78. The van der Waals surface area contributed by atoms with Crippen molar-refractivity contribution in [2.45, 2.75) is 12.5 Å². The van der Waals surface area contributed by atoms with Crippen LogP contribution in [0.3, 0.4) is 0 Å².